The largest absolute Gasteiger partial charge is 0.478 e. The number of carboxylic acids is 1. The molecule has 0 saturated heterocycles. The van der Waals surface area contributed by atoms with Gasteiger partial charge in [-0.15, -0.1) is 0 Å². The van der Waals surface area contributed by atoms with E-state index in [1.165, 1.54) is 24.7 Å². The average molecular weight is 693 g/mol. The zero-order valence-electron chi connectivity index (χ0n) is 29.1. The molecule has 11 heteroatoms. The molecule has 0 fully saturated rings. The number of esters is 1. The van der Waals surface area contributed by atoms with Gasteiger partial charge in [-0.1, -0.05) is 75.7 Å². The number of ether oxygens (including phenoxy) is 1. The summed E-state index contributed by atoms with van der Waals surface area (Å²) in [7, 11) is 0. The Hall–Kier alpha value is -6.10. The van der Waals surface area contributed by atoms with Crippen molar-refractivity contribution in [3.8, 4) is 11.3 Å². The van der Waals surface area contributed by atoms with E-state index in [1.54, 1.807) is 52.9 Å². The molecule has 0 spiro atoms. The van der Waals surface area contributed by atoms with Crippen LogP contribution in [-0.4, -0.2) is 56.1 Å². The van der Waals surface area contributed by atoms with Crippen molar-refractivity contribution < 1.29 is 33.8 Å². The molecule has 0 aliphatic heterocycles. The Labute approximate surface area is 298 Å². The molecule has 3 aromatic heterocycles. The molecule has 0 bridgehead atoms. The number of carbonyl (C=O) groups is 5. The fourth-order valence-electron chi connectivity index (χ4n) is 4.36. The van der Waals surface area contributed by atoms with Crippen molar-refractivity contribution in [2.75, 3.05) is 11.9 Å². The topological polar surface area (TPSA) is 166 Å². The van der Waals surface area contributed by atoms with Crippen LogP contribution < -0.4 is 5.32 Å². The molecule has 0 atom stereocenters. The van der Waals surface area contributed by atoms with Crippen molar-refractivity contribution in [3.63, 3.8) is 0 Å². The fourth-order valence-corrected chi connectivity index (χ4v) is 4.36. The molecule has 3 heterocycles. The van der Waals surface area contributed by atoms with Gasteiger partial charge in [-0.05, 0) is 58.0 Å². The van der Waals surface area contributed by atoms with E-state index in [-0.39, 0.29) is 42.5 Å². The number of rotatable bonds is 7. The Morgan fingerprint density at radius 3 is 2.02 bits per heavy atom. The highest BCUT2D eigenvalue weighted by atomic mass is 16.5. The first-order chi connectivity index (χ1) is 23.6. The minimum absolute atomic E-state index is 0. The van der Waals surface area contributed by atoms with Gasteiger partial charge in [0.2, 0.25) is 5.91 Å². The maximum absolute atomic E-state index is 11.9. The zero-order valence-corrected chi connectivity index (χ0v) is 29.1. The Morgan fingerprint density at radius 2 is 1.45 bits per heavy atom. The van der Waals surface area contributed by atoms with Crippen LogP contribution in [0.1, 0.15) is 84.2 Å². The van der Waals surface area contributed by atoms with Gasteiger partial charge in [-0.3, -0.25) is 24.4 Å². The van der Waals surface area contributed by atoms with Crippen molar-refractivity contribution in [1.29, 1.82) is 0 Å². The van der Waals surface area contributed by atoms with Gasteiger partial charge in [0.05, 0.1) is 34.6 Å². The maximum atomic E-state index is 11.9. The van der Waals surface area contributed by atoms with Gasteiger partial charge >= 0.3 is 11.9 Å². The first kappa shape index (κ1) is 41.1. The molecule has 51 heavy (non-hydrogen) atoms. The van der Waals surface area contributed by atoms with Crippen LogP contribution in [0.2, 0.25) is 0 Å². The lowest BCUT2D eigenvalue weighted by atomic mass is 9.95. The lowest BCUT2D eigenvalue weighted by Gasteiger charge is -2.18. The van der Waals surface area contributed by atoms with Crippen molar-refractivity contribution in [1.82, 2.24) is 15.0 Å². The summed E-state index contributed by atoms with van der Waals surface area (Å²) in [6.45, 7) is 12.5. The molecule has 1 amide bonds. The van der Waals surface area contributed by atoms with E-state index in [1.807, 2.05) is 62.4 Å². The number of ketones is 2. The highest BCUT2D eigenvalue weighted by Gasteiger charge is 2.26. The van der Waals surface area contributed by atoms with E-state index in [2.05, 4.69) is 25.0 Å². The molecular weight excluding hydrogens is 648 g/mol. The SMILES string of the molecule is C.CC(=O)c1cccc(C)c1.CCOC(=O)C(=O)c1cnccc1NC(=O)C(C)(C)C.Cc1cccc(-c2cc(C(=O)O)c3cnccc3n2)c1. The molecule has 0 saturated carbocycles. The molecular formula is C40H44N4O7. The Morgan fingerprint density at radius 1 is 0.824 bits per heavy atom. The molecule has 0 unspecified atom stereocenters. The summed E-state index contributed by atoms with van der Waals surface area (Å²) in [6.07, 6.45) is 5.81. The van der Waals surface area contributed by atoms with Gasteiger partial charge in [-0.2, -0.15) is 0 Å². The van der Waals surface area contributed by atoms with E-state index >= 15 is 0 Å². The molecule has 2 aromatic carbocycles. The van der Waals surface area contributed by atoms with E-state index < -0.39 is 23.1 Å². The second-order valence-corrected chi connectivity index (χ2v) is 12.2. The smallest absolute Gasteiger partial charge is 0.379 e. The summed E-state index contributed by atoms with van der Waals surface area (Å²) in [5.74, 6) is -2.90. The molecule has 2 N–H and O–H groups in total. The van der Waals surface area contributed by atoms with E-state index in [4.69, 9.17) is 0 Å². The van der Waals surface area contributed by atoms with Gasteiger partial charge in [0, 0.05) is 46.7 Å². The number of aromatic carboxylic acids is 1. The summed E-state index contributed by atoms with van der Waals surface area (Å²) >= 11 is 0. The minimum atomic E-state index is -0.973. The van der Waals surface area contributed by atoms with E-state index in [9.17, 15) is 29.1 Å². The van der Waals surface area contributed by atoms with Crippen LogP contribution in [0.4, 0.5) is 5.69 Å². The first-order valence-electron chi connectivity index (χ1n) is 15.7. The average Bonchev–Trinajstić information content (AvgIpc) is 3.08. The highest BCUT2D eigenvalue weighted by Crippen LogP contribution is 2.25. The zero-order chi connectivity index (χ0) is 37.0. The number of aryl methyl sites for hydroxylation is 2. The summed E-state index contributed by atoms with van der Waals surface area (Å²) in [4.78, 5) is 69.8. The number of anilines is 1. The third kappa shape index (κ3) is 11.8. The van der Waals surface area contributed by atoms with Crippen LogP contribution in [0.3, 0.4) is 0 Å². The number of aromatic nitrogens is 3. The standard InChI is InChI=1S/C16H12N2O2.C14H18N2O4.C9H10O.CH4/c1-10-3-2-4-11(7-10)15-8-12(16(19)20)13-9-17-6-5-14(13)18-15;1-5-20-12(18)11(17)9-8-15-7-6-10(9)16-13(19)14(2,3)4;1-7-4-3-5-9(6-7)8(2)10;/h2-9H,1H3,(H,19,20);6-8H,5H2,1-4H3,(H,15,16,19);3-6H,1-2H3;1H4. The fraction of sp³-hybridized carbons (Fsp3) is 0.250. The van der Waals surface area contributed by atoms with Gasteiger partial charge in [0.1, 0.15) is 0 Å². The molecule has 266 valence electrons. The number of hydrogen-bond donors (Lipinski definition) is 2. The summed E-state index contributed by atoms with van der Waals surface area (Å²) in [5.41, 5.74) is 5.10. The summed E-state index contributed by atoms with van der Waals surface area (Å²) in [6, 6.07) is 20.2. The molecule has 11 nitrogen and oxygen atoms in total. The van der Waals surface area contributed by atoms with Gasteiger partial charge in [0.15, 0.2) is 5.78 Å². The second-order valence-electron chi connectivity index (χ2n) is 12.2. The van der Waals surface area contributed by atoms with Gasteiger partial charge in [0.25, 0.3) is 5.78 Å². The number of hydrogen-bond acceptors (Lipinski definition) is 9. The molecule has 0 aliphatic rings. The number of carboxylic acid groups (broad SMARTS) is 1. The van der Waals surface area contributed by atoms with Gasteiger partial charge in [-0.25, -0.2) is 14.6 Å². The predicted molar refractivity (Wildman–Crippen MR) is 198 cm³/mol. The molecule has 5 rings (SSSR count). The van der Waals surface area contributed by atoms with Crippen LogP contribution in [0.25, 0.3) is 22.2 Å². The number of fused-ring (bicyclic) bond motifs is 1. The van der Waals surface area contributed by atoms with Crippen molar-refractivity contribution in [3.05, 3.63) is 119 Å². The summed E-state index contributed by atoms with van der Waals surface area (Å²) in [5, 5.41) is 12.5. The predicted octanol–water partition coefficient (Wildman–Crippen LogP) is 7.95. The number of nitrogens with one attached hydrogen (secondary N) is 1. The van der Waals surface area contributed by atoms with E-state index in [0.717, 1.165) is 22.3 Å². The maximum Gasteiger partial charge on any atom is 0.379 e. The second kappa shape index (κ2) is 18.6. The minimum Gasteiger partial charge on any atom is -0.478 e. The van der Waals surface area contributed by atoms with Crippen molar-refractivity contribution in [2.24, 2.45) is 5.41 Å². The molecule has 5 aromatic rings. The van der Waals surface area contributed by atoms with Gasteiger partial charge < -0.3 is 15.2 Å². The Kier molecular flexibility index (Phi) is 15.0. The third-order valence-corrected chi connectivity index (χ3v) is 7.03. The van der Waals surface area contributed by atoms with Crippen molar-refractivity contribution in [2.45, 2.75) is 55.9 Å². The van der Waals surface area contributed by atoms with Crippen LogP contribution in [0.15, 0.2) is 91.5 Å². The Bertz CT molecular complexity index is 2030. The lowest BCUT2D eigenvalue weighted by molar-refractivity contribution is -0.137. The molecule has 0 radical (unpaired) electrons. The lowest BCUT2D eigenvalue weighted by Crippen LogP contribution is -2.29. The normalized spacial score (nSPS) is 10.3. The van der Waals surface area contributed by atoms with Crippen LogP contribution in [0.5, 0.6) is 0 Å². The number of pyridine rings is 3. The number of carbonyl (C=O) groups excluding carboxylic acids is 4. The van der Waals surface area contributed by atoms with Crippen LogP contribution >= 0.6 is 0 Å². The first-order valence-corrected chi connectivity index (χ1v) is 15.7. The quantitative estimate of drug-likeness (QED) is 0.0971. The number of amides is 1. The Balaban J connectivity index is 0.000000277. The third-order valence-electron chi connectivity index (χ3n) is 7.03. The summed E-state index contributed by atoms with van der Waals surface area (Å²) < 4.78 is 4.66. The van der Waals surface area contributed by atoms with Crippen LogP contribution in [0, 0.1) is 19.3 Å². The monoisotopic (exact) mass is 692 g/mol. The van der Waals surface area contributed by atoms with E-state index in [0.29, 0.717) is 16.6 Å². The number of Topliss-reactive ketones (excluding diaryl/α,β-unsaturated/α-hetero) is 2. The number of nitrogens with zero attached hydrogens (tertiary/aromatic N) is 3. The highest BCUT2D eigenvalue weighted by molar-refractivity contribution is 6.42. The number of benzene rings is 2. The van der Waals surface area contributed by atoms with Crippen molar-refractivity contribution >= 4 is 46.0 Å². The molecule has 0 aliphatic carbocycles. The van der Waals surface area contributed by atoms with Crippen LogP contribution in [-0.2, 0) is 14.3 Å².